The first-order valence-corrected chi connectivity index (χ1v) is 3.41. The molecule has 0 bridgehead atoms. The zero-order valence-corrected chi connectivity index (χ0v) is 6.68. The number of halogens is 3. The van der Waals surface area contributed by atoms with E-state index < -0.39 is 17.9 Å². The quantitative estimate of drug-likeness (QED) is 0.674. The van der Waals surface area contributed by atoms with Crippen molar-refractivity contribution >= 4 is 0 Å². The summed E-state index contributed by atoms with van der Waals surface area (Å²) in [5.74, 6) is -0.923. The Balaban J connectivity index is 3.33. The van der Waals surface area contributed by atoms with Crippen LogP contribution in [0.15, 0.2) is 6.20 Å². The average molecular weight is 186 g/mol. The van der Waals surface area contributed by atoms with Gasteiger partial charge in [-0.2, -0.15) is 5.26 Å². The van der Waals surface area contributed by atoms with Crippen LogP contribution in [0.2, 0.25) is 0 Å². The minimum Gasteiger partial charge on any atom is -0.253 e. The molecule has 0 saturated heterocycles. The summed E-state index contributed by atoms with van der Waals surface area (Å²) in [7, 11) is 0. The Hall–Kier alpha value is -1.57. The summed E-state index contributed by atoms with van der Waals surface area (Å²) < 4.78 is 37.3. The second kappa shape index (κ2) is 3.44. The van der Waals surface area contributed by atoms with Crippen LogP contribution in [0.25, 0.3) is 0 Å². The zero-order valence-electron chi connectivity index (χ0n) is 6.68. The van der Waals surface area contributed by atoms with Gasteiger partial charge >= 0.3 is 0 Å². The van der Waals surface area contributed by atoms with Gasteiger partial charge in [-0.1, -0.05) is 0 Å². The lowest BCUT2D eigenvalue weighted by molar-refractivity contribution is 0.144. The van der Waals surface area contributed by atoms with Gasteiger partial charge in [0.2, 0.25) is 0 Å². The van der Waals surface area contributed by atoms with E-state index in [4.69, 9.17) is 5.26 Å². The average Bonchev–Trinajstić information content (AvgIpc) is 2.09. The van der Waals surface area contributed by atoms with Crippen LogP contribution in [-0.4, -0.2) is 4.98 Å². The van der Waals surface area contributed by atoms with Gasteiger partial charge in [0.05, 0.1) is 0 Å². The smallest absolute Gasteiger partial charge is 0.253 e. The van der Waals surface area contributed by atoms with Gasteiger partial charge in [0.1, 0.15) is 23.1 Å². The molecule has 1 aromatic rings. The van der Waals surface area contributed by atoms with Gasteiger partial charge in [0.15, 0.2) is 0 Å². The zero-order chi connectivity index (χ0) is 10.0. The van der Waals surface area contributed by atoms with Gasteiger partial charge in [0.25, 0.3) is 6.43 Å². The molecule has 0 aliphatic rings. The molecule has 0 radical (unpaired) electrons. The molecule has 0 fully saturated rings. The molecular weight excluding hydrogens is 181 g/mol. The fourth-order valence-electron chi connectivity index (χ4n) is 0.900. The van der Waals surface area contributed by atoms with Gasteiger partial charge in [-0.3, -0.25) is 4.98 Å². The van der Waals surface area contributed by atoms with Crippen LogP contribution in [0, 0.1) is 24.1 Å². The maximum Gasteiger partial charge on any atom is 0.280 e. The highest BCUT2D eigenvalue weighted by Gasteiger charge is 2.17. The van der Waals surface area contributed by atoms with E-state index >= 15 is 0 Å². The third kappa shape index (κ3) is 1.61. The van der Waals surface area contributed by atoms with E-state index in [0.29, 0.717) is 0 Å². The molecule has 0 amide bonds. The molecule has 1 rings (SSSR count). The van der Waals surface area contributed by atoms with E-state index in [1.54, 1.807) is 0 Å². The lowest BCUT2D eigenvalue weighted by atomic mass is 10.1. The second-order valence-corrected chi connectivity index (χ2v) is 2.41. The van der Waals surface area contributed by atoms with Crippen molar-refractivity contribution in [3.05, 3.63) is 28.8 Å². The molecule has 1 aromatic heterocycles. The second-order valence-electron chi connectivity index (χ2n) is 2.41. The highest BCUT2D eigenvalue weighted by atomic mass is 19.3. The van der Waals surface area contributed by atoms with E-state index in [2.05, 4.69) is 4.98 Å². The van der Waals surface area contributed by atoms with Gasteiger partial charge in [-0.15, -0.1) is 0 Å². The Labute approximate surface area is 72.6 Å². The molecule has 0 unspecified atom stereocenters. The predicted octanol–water partition coefficient (Wildman–Crippen LogP) is 2.34. The number of aromatic nitrogens is 1. The van der Waals surface area contributed by atoms with Crippen LogP contribution in [0.4, 0.5) is 13.2 Å². The van der Waals surface area contributed by atoms with Crippen molar-refractivity contribution < 1.29 is 13.2 Å². The molecule has 5 heteroatoms. The molecule has 2 nitrogen and oxygen atoms in total. The lowest BCUT2D eigenvalue weighted by Gasteiger charge is -2.04. The monoisotopic (exact) mass is 186 g/mol. The standard InChI is InChI=1S/C8H5F3N2/c1-4-6(9)5(2-12)3-13-7(4)8(10)11/h3,8H,1H3. The minimum atomic E-state index is -2.82. The number of nitrogens with zero attached hydrogens (tertiary/aromatic N) is 2. The van der Waals surface area contributed by atoms with Crippen LogP contribution in [0.1, 0.15) is 23.2 Å². The van der Waals surface area contributed by atoms with Crippen molar-refractivity contribution in [3.63, 3.8) is 0 Å². The molecule has 1 heterocycles. The highest BCUT2D eigenvalue weighted by molar-refractivity contribution is 5.34. The summed E-state index contributed by atoms with van der Waals surface area (Å²) >= 11 is 0. The Morgan fingerprint density at radius 1 is 1.54 bits per heavy atom. The topological polar surface area (TPSA) is 36.7 Å². The van der Waals surface area contributed by atoms with Crippen LogP contribution in [-0.2, 0) is 0 Å². The molecule has 0 aliphatic heterocycles. The summed E-state index contributed by atoms with van der Waals surface area (Å²) in [5.41, 5.74) is -1.20. The molecule has 0 spiro atoms. The number of hydrogen-bond donors (Lipinski definition) is 0. The number of hydrogen-bond acceptors (Lipinski definition) is 2. The number of rotatable bonds is 1. The number of nitriles is 1. The third-order valence-corrected chi connectivity index (χ3v) is 1.61. The van der Waals surface area contributed by atoms with Crippen molar-refractivity contribution in [2.45, 2.75) is 13.3 Å². The van der Waals surface area contributed by atoms with Crippen LogP contribution < -0.4 is 0 Å². The SMILES string of the molecule is Cc1c(C(F)F)ncc(C#N)c1F. The number of alkyl halides is 2. The van der Waals surface area contributed by atoms with E-state index in [1.165, 1.54) is 13.0 Å². The van der Waals surface area contributed by atoms with Crippen molar-refractivity contribution in [3.8, 4) is 6.07 Å². The van der Waals surface area contributed by atoms with Crippen molar-refractivity contribution in [2.75, 3.05) is 0 Å². The lowest BCUT2D eigenvalue weighted by Crippen LogP contribution is -2.00. The Kier molecular flexibility index (Phi) is 2.52. The molecular formula is C8H5F3N2. The third-order valence-electron chi connectivity index (χ3n) is 1.61. The normalized spacial score (nSPS) is 10.2. The molecule has 0 saturated carbocycles. The van der Waals surface area contributed by atoms with Crippen molar-refractivity contribution in [2.24, 2.45) is 0 Å². The summed E-state index contributed by atoms with van der Waals surface area (Å²) in [6.45, 7) is 1.17. The van der Waals surface area contributed by atoms with E-state index in [0.717, 1.165) is 6.20 Å². The predicted molar refractivity (Wildman–Crippen MR) is 38.6 cm³/mol. The van der Waals surface area contributed by atoms with Gasteiger partial charge in [-0.05, 0) is 6.92 Å². The fourth-order valence-corrected chi connectivity index (χ4v) is 0.900. The molecule has 0 aliphatic carbocycles. The first-order chi connectivity index (χ1) is 6.07. The van der Waals surface area contributed by atoms with E-state index in [1.807, 2.05) is 0 Å². The molecule has 0 atom stereocenters. The Morgan fingerprint density at radius 3 is 2.62 bits per heavy atom. The van der Waals surface area contributed by atoms with E-state index in [9.17, 15) is 13.2 Å². The Morgan fingerprint density at radius 2 is 2.15 bits per heavy atom. The summed E-state index contributed by atoms with van der Waals surface area (Å²) in [6.07, 6.45) is -2.01. The Bertz CT molecular complexity index is 368. The van der Waals surface area contributed by atoms with Gasteiger partial charge in [-0.25, -0.2) is 13.2 Å². The maximum atomic E-state index is 13.0. The largest absolute Gasteiger partial charge is 0.280 e. The minimum absolute atomic E-state index is 0.269. The van der Waals surface area contributed by atoms with Crippen LogP contribution in [0.3, 0.4) is 0 Å². The first kappa shape index (κ1) is 9.52. The fraction of sp³-hybridized carbons (Fsp3) is 0.250. The van der Waals surface area contributed by atoms with E-state index in [-0.39, 0.29) is 11.1 Å². The van der Waals surface area contributed by atoms with Crippen molar-refractivity contribution in [1.82, 2.24) is 4.98 Å². The maximum absolute atomic E-state index is 13.0. The number of pyridine rings is 1. The summed E-state index contributed by atoms with van der Waals surface area (Å²) in [4.78, 5) is 3.30. The summed E-state index contributed by atoms with van der Waals surface area (Å²) in [6, 6.07) is 1.52. The highest BCUT2D eigenvalue weighted by Crippen LogP contribution is 2.23. The van der Waals surface area contributed by atoms with Crippen molar-refractivity contribution in [1.29, 1.82) is 5.26 Å². The van der Waals surface area contributed by atoms with Gasteiger partial charge < -0.3 is 0 Å². The molecule has 0 N–H and O–H groups in total. The van der Waals surface area contributed by atoms with Crippen LogP contribution >= 0.6 is 0 Å². The summed E-state index contributed by atoms with van der Waals surface area (Å²) in [5, 5.41) is 8.35. The van der Waals surface area contributed by atoms with Crippen LogP contribution in [0.5, 0.6) is 0 Å². The first-order valence-electron chi connectivity index (χ1n) is 3.41. The molecule has 68 valence electrons. The molecule has 0 aromatic carbocycles. The van der Waals surface area contributed by atoms with Gasteiger partial charge in [0, 0.05) is 11.8 Å². The molecule has 13 heavy (non-hydrogen) atoms.